The van der Waals surface area contributed by atoms with Crippen LogP contribution in [-0.2, 0) is 4.74 Å². The summed E-state index contributed by atoms with van der Waals surface area (Å²) in [4.78, 5) is 4.51. The quantitative estimate of drug-likeness (QED) is 0.889. The van der Waals surface area contributed by atoms with E-state index in [4.69, 9.17) is 15.0 Å². The molecule has 1 aromatic heterocycles. The summed E-state index contributed by atoms with van der Waals surface area (Å²) in [6, 6.07) is -0.0622. The molecule has 5 nitrogen and oxygen atoms in total. The summed E-state index contributed by atoms with van der Waals surface area (Å²) < 4.78 is 11.2. The lowest BCUT2D eigenvalue weighted by Crippen LogP contribution is -2.17. The highest BCUT2D eigenvalue weighted by Crippen LogP contribution is 2.41. The maximum absolute atomic E-state index is 6.09. The molecule has 0 amide bonds. The predicted octanol–water partition coefficient (Wildman–Crippen LogP) is 2.01. The number of rotatable bonds is 3. The second-order valence-corrected chi connectivity index (χ2v) is 5.79. The van der Waals surface area contributed by atoms with Gasteiger partial charge in [0.15, 0.2) is 5.82 Å². The van der Waals surface area contributed by atoms with Crippen molar-refractivity contribution in [2.75, 3.05) is 0 Å². The first-order valence-electron chi connectivity index (χ1n) is 6.82. The van der Waals surface area contributed by atoms with Gasteiger partial charge < -0.3 is 15.0 Å². The summed E-state index contributed by atoms with van der Waals surface area (Å²) in [5.41, 5.74) is 6.09. The first-order valence-corrected chi connectivity index (χ1v) is 6.82. The summed E-state index contributed by atoms with van der Waals surface area (Å²) in [5.74, 6) is 2.47. The van der Waals surface area contributed by atoms with Crippen molar-refractivity contribution in [1.82, 2.24) is 10.1 Å². The van der Waals surface area contributed by atoms with Gasteiger partial charge in [-0.3, -0.25) is 0 Å². The van der Waals surface area contributed by atoms with E-state index in [-0.39, 0.29) is 24.2 Å². The van der Waals surface area contributed by atoms with Gasteiger partial charge in [-0.25, -0.2) is 0 Å². The van der Waals surface area contributed by atoms with Gasteiger partial charge >= 0.3 is 0 Å². The van der Waals surface area contributed by atoms with Crippen LogP contribution in [0.4, 0.5) is 0 Å². The van der Waals surface area contributed by atoms with Crippen LogP contribution in [-0.4, -0.2) is 22.3 Å². The molecule has 2 heterocycles. The Morgan fingerprint density at radius 2 is 1.94 bits per heavy atom. The Bertz CT molecular complexity index is 430. The van der Waals surface area contributed by atoms with Crippen molar-refractivity contribution in [3.8, 4) is 0 Å². The third kappa shape index (κ3) is 1.95. The molecule has 18 heavy (non-hydrogen) atoms. The van der Waals surface area contributed by atoms with Crippen molar-refractivity contribution in [3.05, 3.63) is 11.7 Å². The van der Waals surface area contributed by atoms with E-state index in [9.17, 15) is 0 Å². The van der Waals surface area contributed by atoms with Gasteiger partial charge in [-0.15, -0.1) is 0 Å². The van der Waals surface area contributed by atoms with Gasteiger partial charge in [0.2, 0.25) is 5.89 Å². The molecule has 5 unspecified atom stereocenters. The van der Waals surface area contributed by atoms with Crippen LogP contribution in [0.15, 0.2) is 4.52 Å². The number of aromatic nitrogens is 2. The number of nitrogens with zero attached hydrogens (tertiary/aromatic N) is 2. The summed E-state index contributed by atoms with van der Waals surface area (Å²) in [7, 11) is 0. The monoisotopic (exact) mass is 251 g/mol. The topological polar surface area (TPSA) is 74.2 Å². The molecule has 1 aromatic rings. The second kappa shape index (κ2) is 4.31. The van der Waals surface area contributed by atoms with E-state index in [0.717, 1.165) is 0 Å². The minimum absolute atomic E-state index is 0.0622. The van der Waals surface area contributed by atoms with E-state index in [1.54, 1.807) is 0 Å². The van der Waals surface area contributed by atoms with Crippen LogP contribution >= 0.6 is 0 Å². The van der Waals surface area contributed by atoms with Crippen LogP contribution in [0.3, 0.4) is 0 Å². The van der Waals surface area contributed by atoms with Crippen molar-refractivity contribution in [2.45, 2.75) is 57.8 Å². The van der Waals surface area contributed by atoms with Gasteiger partial charge in [0.1, 0.15) is 0 Å². The molecular formula is C13H21N3O2. The fourth-order valence-corrected chi connectivity index (χ4v) is 2.88. The third-order valence-corrected chi connectivity index (χ3v) is 4.41. The summed E-state index contributed by atoms with van der Waals surface area (Å²) >= 11 is 0. The van der Waals surface area contributed by atoms with Crippen LogP contribution in [0.25, 0.3) is 0 Å². The maximum Gasteiger partial charge on any atom is 0.232 e. The molecule has 0 bridgehead atoms. The number of hydrogen-bond acceptors (Lipinski definition) is 5. The standard InChI is InChI=1S/C13H21N3O2/c1-6-7(2)17-8(3)10(6)13-15-12(16-18-13)11(14)9-4-5-9/h6-11H,4-5,14H2,1-3H3. The van der Waals surface area contributed by atoms with Crippen molar-refractivity contribution >= 4 is 0 Å². The van der Waals surface area contributed by atoms with Crippen LogP contribution in [0.1, 0.15) is 57.3 Å². The molecule has 100 valence electrons. The van der Waals surface area contributed by atoms with Gasteiger partial charge in [-0.2, -0.15) is 4.98 Å². The summed E-state index contributed by atoms with van der Waals surface area (Å²) in [6.07, 6.45) is 2.72. The largest absolute Gasteiger partial charge is 0.374 e. The molecule has 1 aliphatic carbocycles. The highest BCUT2D eigenvalue weighted by Gasteiger charge is 2.42. The first-order chi connectivity index (χ1) is 8.58. The zero-order valence-electron chi connectivity index (χ0n) is 11.2. The Balaban J connectivity index is 1.80. The Morgan fingerprint density at radius 1 is 1.22 bits per heavy atom. The average Bonchev–Trinajstić information content (AvgIpc) is 3.02. The second-order valence-electron chi connectivity index (χ2n) is 5.79. The van der Waals surface area contributed by atoms with Crippen molar-refractivity contribution in [3.63, 3.8) is 0 Å². The van der Waals surface area contributed by atoms with Gasteiger partial charge in [-0.1, -0.05) is 12.1 Å². The Morgan fingerprint density at radius 3 is 2.50 bits per heavy atom. The molecule has 2 fully saturated rings. The van der Waals surface area contributed by atoms with Crippen molar-refractivity contribution in [1.29, 1.82) is 0 Å². The fourth-order valence-electron chi connectivity index (χ4n) is 2.88. The first kappa shape index (κ1) is 12.1. The molecule has 5 atom stereocenters. The van der Waals surface area contributed by atoms with E-state index >= 15 is 0 Å². The molecule has 5 heteroatoms. The van der Waals surface area contributed by atoms with Crippen LogP contribution in [0.2, 0.25) is 0 Å². The number of nitrogens with two attached hydrogens (primary N) is 1. The molecule has 1 saturated heterocycles. The van der Waals surface area contributed by atoms with Gasteiger partial charge in [0.25, 0.3) is 0 Å². The average molecular weight is 251 g/mol. The summed E-state index contributed by atoms with van der Waals surface area (Å²) in [6.45, 7) is 6.33. The highest BCUT2D eigenvalue weighted by atomic mass is 16.5. The lowest BCUT2D eigenvalue weighted by molar-refractivity contribution is 0.0542. The molecular weight excluding hydrogens is 230 g/mol. The molecule has 0 spiro atoms. The third-order valence-electron chi connectivity index (χ3n) is 4.41. The molecule has 1 aliphatic heterocycles. The van der Waals surface area contributed by atoms with Crippen LogP contribution < -0.4 is 5.73 Å². The highest BCUT2D eigenvalue weighted by molar-refractivity contribution is 5.06. The van der Waals surface area contributed by atoms with Gasteiger partial charge in [-0.05, 0) is 38.5 Å². The molecule has 0 radical (unpaired) electrons. The molecule has 2 aliphatic rings. The van der Waals surface area contributed by atoms with E-state index in [2.05, 4.69) is 30.9 Å². The zero-order chi connectivity index (χ0) is 12.9. The molecule has 3 rings (SSSR count). The minimum atomic E-state index is -0.0622. The summed E-state index contributed by atoms with van der Waals surface area (Å²) in [5, 5.41) is 4.05. The number of hydrogen-bond donors (Lipinski definition) is 1. The van der Waals surface area contributed by atoms with Crippen LogP contribution in [0, 0.1) is 11.8 Å². The minimum Gasteiger partial charge on any atom is -0.374 e. The van der Waals surface area contributed by atoms with Crippen LogP contribution in [0.5, 0.6) is 0 Å². The Hall–Kier alpha value is -0.940. The van der Waals surface area contributed by atoms with Crippen molar-refractivity contribution < 1.29 is 9.26 Å². The lowest BCUT2D eigenvalue weighted by Gasteiger charge is -2.13. The van der Waals surface area contributed by atoms with Gasteiger partial charge in [0.05, 0.1) is 24.2 Å². The lowest BCUT2D eigenvalue weighted by atomic mass is 9.89. The Kier molecular flexibility index (Phi) is 2.90. The number of ether oxygens (including phenoxy) is 1. The normalized spacial score (nSPS) is 38.0. The van der Waals surface area contributed by atoms with Crippen molar-refractivity contribution in [2.24, 2.45) is 17.6 Å². The van der Waals surface area contributed by atoms with E-state index in [0.29, 0.717) is 23.6 Å². The Labute approximate surface area is 107 Å². The molecule has 1 saturated carbocycles. The smallest absolute Gasteiger partial charge is 0.232 e. The maximum atomic E-state index is 6.09. The fraction of sp³-hybridized carbons (Fsp3) is 0.846. The van der Waals surface area contributed by atoms with Gasteiger partial charge in [0, 0.05) is 0 Å². The van der Waals surface area contributed by atoms with E-state index in [1.807, 2.05) is 0 Å². The van der Waals surface area contributed by atoms with E-state index in [1.165, 1.54) is 12.8 Å². The SMILES string of the molecule is CC1OC(C)C(c2nc(C(N)C3CC3)no2)C1C. The predicted molar refractivity (Wildman–Crippen MR) is 65.9 cm³/mol. The zero-order valence-corrected chi connectivity index (χ0v) is 11.2. The molecule has 0 aromatic carbocycles. The molecule has 2 N–H and O–H groups in total. The van der Waals surface area contributed by atoms with E-state index < -0.39 is 0 Å².